The van der Waals surface area contributed by atoms with Crippen LogP contribution in [0.25, 0.3) is 0 Å². The van der Waals surface area contributed by atoms with Crippen molar-refractivity contribution in [3.05, 3.63) is 29.3 Å². The minimum absolute atomic E-state index is 0.00163. The van der Waals surface area contributed by atoms with Gasteiger partial charge < -0.3 is 15.4 Å². The van der Waals surface area contributed by atoms with Crippen molar-refractivity contribution < 1.29 is 17.9 Å². The molecule has 2 N–H and O–H groups in total. The molecule has 0 aliphatic heterocycles. The van der Waals surface area contributed by atoms with E-state index in [0.29, 0.717) is 17.9 Å². The topological polar surface area (TPSA) is 38.5 Å². The van der Waals surface area contributed by atoms with Gasteiger partial charge in [0.25, 0.3) is 0 Å². The second-order valence-electron chi connectivity index (χ2n) is 5.52. The summed E-state index contributed by atoms with van der Waals surface area (Å²) < 4.78 is 43.5. The summed E-state index contributed by atoms with van der Waals surface area (Å²) in [6, 6.07) is 3.38. The summed E-state index contributed by atoms with van der Waals surface area (Å²) in [5.74, 6) is 0.399. The van der Waals surface area contributed by atoms with Gasteiger partial charge in [-0.2, -0.15) is 13.2 Å². The summed E-state index contributed by atoms with van der Waals surface area (Å²) >= 11 is 0. The normalized spacial score (nSPS) is 12.8. The molecule has 0 aliphatic rings. The number of hydrogen-bond donors (Lipinski definition) is 1. The van der Waals surface area contributed by atoms with E-state index in [4.69, 9.17) is 10.5 Å². The predicted octanol–water partition coefficient (Wildman–Crippen LogP) is 2.88. The van der Waals surface area contributed by atoms with Crippen LogP contribution in [0.1, 0.15) is 25.0 Å². The van der Waals surface area contributed by atoms with Crippen LogP contribution in [0.15, 0.2) is 18.2 Å². The van der Waals surface area contributed by atoms with Crippen LogP contribution in [0.3, 0.4) is 0 Å². The lowest BCUT2D eigenvalue weighted by Gasteiger charge is -2.32. The number of likely N-dealkylation sites (N-methyl/N-ethyl adjacent to an activating group) is 1. The van der Waals surface area contributed by atoms with E-state index in [9.17, 15) is 13.2 Å². The molecule has 0 heterocycles. The van der Waals surface area contributed by atoms with Crippen molar-refractivity contribution in [1.29, 1.82) is 0 Å². The first kappa shape index (κ1) is 16.8. The van der Waals surface area contributed by atoms with E-state index in [1.807, 2.05) is 32.8 Å². The molecule has 6 heteroatoms. The highest BCUT2D eigenvalue weighted by Gasteiger charge is 2.31. The molecule has 3 nitrogen and oxygen atoms in total. The van der Waals surface area contributed by atoms with Crippen molar-refractivity contribution in [2.75, 3.05) is 20.7 Å². The van der Waals surface area contributed by atoms with Gasteiger partial charge in [0, 0.05) is 17.6 Å². The third-order valence-corrected chi connectivity index (χ3v) is 3.40. The number of halogens is 3. The molecule has 0 atom stereocenters. The number of benzene rings is 1. The van der Waals surface area contributed by atoms with Crippen molar-refractivity contribution in [3.8, 4) is 5.75 Å². The van der Waals surface area contributed by atoms with E-state index in [1.54, 1.807) is 0 Å². The first-order chi connectivity index (χ1) is 9.08. The van der Waals surface area contributed by atoms with Gasteiger partial charge in [0.05, 0.1) is 5.56 Å². The first-order valence-corrected chi connectivity index (χ1v) is 6.28. The Hall–Kier alpha value is -1.27. The zero-order chi connectivity index (χ0) is 15.6. The van der Waals surface area contributed by atoms with Gasteiger partial charge in [-0.1, -0.05) is 0 Å². The molecule has 0 saturated carbocycles. The lowest BCUT2D eigenvalue weighted by Crippen LogP contribution is -2.43. The van der Waals surface area contributed by atoms with Crippen LogP contribution in [0.2, 0.25) is 0 Å². The van der Waals surface area contributed by atoms with E-state index in [2.05, 4.69) is 0 Å². The molecule has 1 rings (SSSR count). The van der Waals surface area contributed by atoms with Gasteiger partial charge in [-0.15, -0.1) is 0 Å². The zero-order valence-electron chi connectivity index (χ0n) is 12.2. The van der Waals surface area contributed by atoms with E-state index < -0.39 is 11.7 Å². The molecule has 0 aromatic heterocycles. The lowest BCUT2D eigenvalue weighted by molar-refractivity contribution is -0.137. The maximum Gasteiger partial charge on any atom is 0.416 e. The minimum atomic E-state index is -4.37. The Labute approximate surface area is 117 Å². The third-order valence-electron chi connectivity index (χ3n) is 3.40. The van der Waals surface area contributed by atoms with Crippen molar-refractivity contribution >= 4 is 0 Å². The number of ether oxygens (including phenoxy) is 1. The molecule has 1 aromatic rings. The maximum absolute atomic E-state index is 12.6. The predicted molar refractivity (Wildman–Crippen MR) is 72.6 cm³/mol. The highest BCUT2D eigenvalue weighted by Crippen LogP contribution is 2.32. The van der Waals surface area contributed by atoms with Crippen LogP contribution < -0.4 is 10.5 Å². The lowest BCUT2D eigenvalue weighted by atomic mass is 10.1. The summed E-state index contributed by atoms with van der Waals surface area (Å²) in [7, 11) is 3.83. The smallest absolute Gasteiger partial charge is 0.416 e. The van der Waals surface area contributed by atoms with Gasteiger partial charge in [0.1, 0.15) is 12.4 Å². The van der Waals surface area contributed by atoms with E-state index >= 15 is 0 Å². The summed E-state index contributed by atoms with van der Waals surface area (Å²) in [4.78, 5) is 1.99. The van der Waals surface area contributed by atoms with Gasteiger partial charge in [-0.05, 0) is 46.1 Å². The summed E-state index contributed by atoms with van der Waals surface area (Å²) in [6.45, 7) is 4.33. The van der Waals surface area contributed by atoms with Crippen LogP contribution in [-0.2, 0) is 12.7 Å². The zero-order valence-corrected chi connectivity index (χ0v) is 12.2. The number of rotatable bonds is 5. The maximum atomic E-state index is 12.6. The molecule has 0 bridgehead atoms. The molecule has 0 amide bonds. The van der Waals surface area contributed by atoms with Gasteiger partial charge in [0.2, 0.25) is 0 Å². The molecule has 0 spiro atoms. The second kappa shape index (κ2) is 6.01. The van der Waals surface area contributed by atoms with Gasteiger partial charge in [-0.3, -0.25) is 0 Å². The molecule has 0 unspecified atom stereocenters. The second-order valence-corrected chi connectivity index (χ2v) is 5.52. The van der Waals surface area contributed by atoms with Crippen molar-refractivity contribution in [2.24, 2.45) is 5.73 Å². The van der Waals surface area contributed by atoms with E-state index in [0.717, 1.165) is 12.1 Å². The molecular weight excluding hydrogens is 269 g/mol. The van der Waals surface area contributed by atoms with Crippen LogP contribution in [0.4, 0.5) is 13.2 Å². The Bertz CT molecular complexity index is 456. The molecule has 20 heavy (non-hydrogen) atoms. The Kier molecular flexibility index (Phi) is 5.05. The Balaban J connectivity index is 2.92. The molecular formula is C14H21F3N2O. The number of alkyl halides is 3. The minimum Gasteiger partial charge on any atom is -0.491 e. The molecule has 0 saturated heterocycles. The summed E-state index contributed by atoms with van der Waals surface area (Å²) in [6.07, 6.45) is -4.37. The van der Waals surface area contributed by atoms with Crippen molar-refractivity contribution in [1.82, 2.24) is 4.90 Å². The number of nitrogens with zero attached hydrogens (tertiary/aromatic N) is 1. The molecule has 114 valence electrons. The molecule has 0 fully saturated rings. The number of hydrogen-bond acceptors (Lipinski definition) is 3. The fourth-order valence-corrected chi connectivity index (χ4v) is 1.44. The Morgan fingerprint density at radius 3 is 2.25 bits per heavy atom. The van der Waals surface area contributed by atoms with Crippen LogP contribution in [-0.4, -0.2) is 31.1 Å². The third kappa shape index (κ3) is 4.11. The standard InChI is InChI=1S/C14H21F3N2O/c1-13(2,19(3)4)9-20-12-6-5-11(14(15,16)17)7-10(12)8-18/h5-7H,8-9,18H2,1-4H3. The highest BCUT2D eigenvalue weighted by atomic mass is 19.4. The Morgan fingerprint density at radius 1 is 1.20 bits per heavy atom. The highest BCUT2D eigenvalue weighted by molar-refractivity contribution is 5.38. The van der Waals surface area contributed by atoms with Gasteiger partial charge in [0.15, 0.2) is 0 Å². The quantitative estimate of drug-likeness (QED) is 0.906. The first-order valence-electron chi connectivity index (χ1n) is 6.28. The summed E-state index contributed by atoms with van der Waals surface area (Å²) in [5, 5.41) is 0. The molecule has 0 aliphatic carbocycles. The van der Waals surface area contributed by atoms with Crippen molar-refractivity contribution in [2.45, 2.75) is 32.1 Å². The fourth-order valence-electron chi connectivity index (χ4n) is 1.44. The van der Waals surface area contributed by atoms with Gasteiger partial charge >= 0.3 is 6.18 Å². The number of nitrogens with two attached hydrogens (primary N) is 1. The monoisotopic (exact) mass is 290 g/mol. The largest absolute Gasteiger partial charge is 0.491 e. The van der Waals surface area contributed by atoms with Crippen LogP contribution in [0.5, 0.6) is 5.75 Å². The average Bonchev–Trinajstić information content (AvgIpc) is 2.34. The van der Waals surface area contributed by atoms with E-state index in [-0.39, 0.29) is 12.1 Å². The SMILES string of the molecule is CN(C)C(C)(C)COc1ccc(C(F)(F)F)cc1CN. The van der Waals surface area contributed by atoms with Gasteiger partial charge in [-0.25, -0.2) is 0 Å². The molecule has 0 radical (unpaired) electrons. The Morgan fingerprint density at radius 2 is 1.80 bits per heavy atom. The molecule has 1 aromatic carbocycles. The van der Waals surface area contributed by atoms with Crippen molar-refractivity contribution in [3.63, 3.8) is 0 Å². The average molecular weight is 290 g/mol. The van der Waals surface area contributed by atoms with E-state index in [1.165, 1.54) is 6.07 Å². The summed E-state index contributed by atoms with van der Waals surface area (Å²) in [5.41, 5.74) is 4.92. The van der Waals surface area contributed by atoms with Crippen LogP contribution >= 0.6 is 0 Å². The van der Waals surface area contributed by atoms with Crippen LogP contribution in [0, 0.1) is 0 Å². The fraction of sp³-hybridized carbons (Fsp3) is 0.571.